The molecule has 0 fully saturated rings. The molecule has 0 amide bonds. The van der Waals surface area contributed by atoms with Crippen LogP contribution in [0.3, 0.4) is 0 Å². The van der Waals surface area contributed by atoms with Crippen molar-refractivity contribution in [3.63, 3.8) is 0 Å². The number of hydrogen-bond donors (Lipinski definition) is 1. The summed E-state index contributed by atoms with van der Waals surface area (Å²) < 4.78 is 1.51. The Labute approximate surface area is 128 Å². The molecule has 0 saturated carbocycles. The third kappa shape index (κ3) is 3.66. The fraction of sp³-hybridized carbons (Fsp3) is 0.571. The Bertz CT molecular complexity index is 664. The minimum atomic E-state index is -0.103. The lowest BCUT2D eigenvalue weighted by molar-refractivity contribution is 0.562. The molecule has 2 heterocycles. The molecular weight excluding hydrogens is 286 g/mol. The van der Waals surface area contributed by atoms with Gasteiger partial charge in [-0.3, -0.25) is 4.79 Å². The summed E-state index contributed by atoms with van der Waals surface area (Å²) in [7, 11) is 0. The molecule has 1 N–H and O–H groups in total. The maximum Gasteiger partial charge on any atom is 0.277 e. The molecule has 0 aromatic carbocycles. The lowest BCUT2D eigenvalue weighted by Crippen LogP contribution is -2.25. The van der Waals surface area contributed by atoms with Gasteiger partial charge in [0.2, 0.25) is 5.13 Å². The molecule has 0 saturated heterocycles. The summed E-state index contributed by atoms with van der Waals surface area (Å²) in [5.74, 6) is 0. The van der Waals surface area contributed by atoms with Gasteiger partial charge in [-0.25, -0.2) is 4.68 Å². The monoisotopic (exact) mass is 307 g/mol. The topological polar surface area (TPSA) is 72.7 Å². The third-order valence-electron chi connectivity index (χ3n) is 3.17. The highest BCUT2D eigenvalue weighted by atomic mass is 32.1. The predicted octanol–water partition coefficient (Wildman–Crippen LogP) is 2.69. The highest BCUT2D eigenvalue weighted by Gasteiger charge is 2.14. The fourth-order valence-corrected chi connectivity index (χ4v) is 2.76. The first kappa shape index (κ1) is 15.6. The van der Waals surface area contributed by atoms with Crippen molar-refractivity contribution in [2.75, 3.05) is 5.32 Å². The lowest BCUT2D eigenvalue weighted by atomic mass is 10.2. The number of aromatic nitrogens is 4. The maximum atomic E-state index is 12.4. The van der Waals surface area contributed by atoms with Gasteiger partial charge in [-0.15, -0.1) is 10.2 Å². The van der Waals surface area contributed by atoms with E-state index >= 15 is 0 Å². The predicted molar refractivity (Wildman–Crippen MR) is 85.8 cm³/mol. The molecule has 2 aromatic rings. The van der Waals surface area contributed by atoms with E-state index in [0.717, 1.165) is 23.7 Å². The Morgan fingerprint density at radius 3 is 2.81 bits per heavy atom. The van der Waals surface area contributed by atoms with Crippen molar-refractivity contribution >= 4 is 16.5 Å². The second kappa shape index (κ2) is 6.80. The van der Waals surface area contributed by atoms with Gasteiger partial charge >= 0.3 is 0 Å². The summed E-state index contributed by atoms with van der Waals surface area (Å²) in [5.41, 5.74) is 1.28. The molecule has 6 nitrogen and oxygen atoms in total. The molecule has 114 valence electrons. The zero-order chi connectivity index (χ0) is 15.4. The van der Waals surface area contributed by atoms with Crippen LogP contribution >= 0.6 is 11.3 Å². The molecule has 2 rings (SSSR count). The van der Waals surface area contributed by atoms with Gasteiger partial charge in [-0.05, 0) is 32.8 Å². The van der Waals surface area contributed by atoms with E-state index in [1.807, 2.05) is 13.8 Å². The summed E-state index contributed by atoms with van der Waals surface area (Å²) in [5, 5.41) is 17.2. The molecule has 0 spiro atoms. The number of rotatable bonds is 6. The Hall–Kier alpha value is -1.76. The molecule has 0 radical (unpaired) electrons. The van der Waals surface area contributed by atoms with Crippen LogP contribution in [-0.2, 0) is 6.54 Å². The molecular formula is C14H21N5OS. The Morgan fingerprint density at radius 2 is 2.14 bits per heavy atom. The Balaban J connectivity index is 2.36. The van der Waals surface area contributed by atoms with Crippen LogP contribution in [0.4, 0.5) is 5.13 Å². The van der Waals surface area contributed by atoms with Crippen LogP contribution < -0.4 is 10.9 Å². The van der Waals surface area contributed by atoms with Crippen LogP contribution in [-0.4, -0.2) is 26.0 Å². The molecule has 21 heavy (non-hydrogen) atoms. The first-order valence-corrected chi connectivity index (χ1v) is 8.06. The van der Waals surface area contributed by atoms with E-state index in [1.54, 1.807) is 6.07 Å². The van der Waals surface area contributed by atoms with Crippen molar-refractivity contribution < 1.29 is 0 Å². The van der Waals surface area contributed by atoms with Crippen molar-refractivity contribution in [1.82, 2.24) is 20.0 Å². The van der Waals surface area contributed by atoms with Crippen molar-refractivity contribution in [3.8, 4) is 10.6 Å². The minimum Gasteiger partial charge on any atom is -0.358 e. The molecule has 0 aliphatic heterocycles. The largest absolute Gasteiger partial charge is 0.358 e. The summed E-state index contributed by atoms with van der Waals surface area (Å²) in [4.78, 5) is 12.4. The van der Waals surface area contributed by atoms with Crippen LogP contribution in [0, 0.1) is 6.92 Å². The van der Waals surface area contributed by atoms with E-state index in [0.29, 0.717) is 23.2 Å². The highest BCUT2D eigenvalue weighted by Crippen LogP contribution is 2.24. The first-order chi connectivity index (χ1) is 10.0. The van der Waals surface area contributed by atoms with Crippen LogP contribution in [0.25, 0.3) is 10.6 Å². The van der Waals surface area contributed by atoms with Crippen molar-refractivity contribution in [2.45, 2.75) is 53.1 Å². The van der Waals surface area contributed by atoms with Gasteiger partial charge in [0.1, 0.15) is 0 Å². The van der Waals surface area contributed by atoms with Gasteiger partial charge < -0.3 is 5.32 Å². The van der Waals surface area contributed by atoms with E-state index in [1.165, 1.54) is 16.0 Å². The summed E-state index contributed by atoms with van der Waals surface area (Å²) in [6.07, 6.45) is 1.87. The van der Waals surface area contributed by atoms with Crippen LogP contribution in [0.2, 0.25) is 0 Å². The Morgan fingerprint density at radius 1 is 1.38 bits per heavy atom. The van der Waals surface area contributed by atoms with E-state index in [4.69, 9.17) is 0 Å². The average molecular weight is 307 g/mol. The van der Waals surface area contributed by atoms with E-state index in [2.05, 4.69) is 34.5 Å². The van der Waals surface area contributed by atoms with Crippen molar-refractivity contribution in [3.05, 3.63) is 22.1 Å². The molecule has 1 unspecified atom stereocenters. The fourth-order valence-electron chi connectivity index (χ4n) is 1.89. The van der Waals surface area contributed by atoms with E-state index < -0.39 is 0 Å². The molecule has 7 heteroatoms. The van der Waals surface area contributed by atoms with Gasteiger partial charge in [0, 0.05) is 12.6 Å². The lowest BCUT2D eigenvalue weighted by Gasteiger charge is -2.08. The number of aryl methyl sites for hydroxylation is 2. The molecule has 0 bridgehead atoms. The number of nitrogens with one attached hydrogen (secondary N) is 1. The minimum absolute atomic E-state index is 0.103. The first-order valence-electron chi connectivity index (χ1n) is 7.24. The second-order valence-corrected chi connectivity index (χ2v) is 6.07. The average Bonchev–Trinajstić information content (AvgIpc) is 2.90. The maximum absolute atomic E-state index is 12.4. The number of anilines is 1. The highest BCUT2D eigenvalue weighted by molar-refractivity contribution is 7.18. The molecule has 0 aliphatic carbocycles. The van der Waals surface area contributed by atoms with Gasteiger partial charge in [-0.2, -0.15) is 5.10 Å². The van der Waals surface area contributed by atoms with E-state index in [-0.39, 0.29) is 5.56 Å². The molecule has 1 atom stereocenters. The van der Waals surface area contributed by atoms with Gasteiger partial charge in [0.15, 0.2) is 5.01 Å². The second-order valence-electron chi connectivity index (χ2n) is 5.09. The quantitative estimate of drug-likeness (QED) is 0.888. The zero-order valence-electron chi connectivity index (χ0n) is 12.9. The summed E-state index contributed by atoms with van der Waals surface area (Å²) >= 11 is 1.40. The van der Waals surface area contributed by atoms with Crippen molar-refractivity contribution in [2.24, 2.45) is 0 Å². The van der Waals surface area contributed by atoms with Gasteiger partial charge in [0.25, 0.3) is 5.56 Å². The Kier molecular flexibility index (Phi) is 5.06. The van der Waals surface area contributed by atoms with Crippen molar-refractivity contribution in [1.29, 1.82) is 0 Å². The summed E-state index contributed by atoms with van der Waals surface area (Å²) in [6.45, 7) is 8.72. The van der Waals surface area contributed by atoms with E-state index in [9.17, 15) is 4.79 Å². The number of nitrogens with zero attached hydrogens (tertiary/aromatic N) is 4. The van der Waals surface area contributed by atoms with Crippen LogP contribution in [0.1, 0.15) is 39.3 Å². The van der Waals surface area contributed by atoms with Crippen LogP contribution in [0.15, 0.2) is 10.9 Å². The van der Waals surface area contributed by atoms with Gasteiger partial charge in [0.05, 0.1) is 11.3 Å². The summed E-state index contributed by atoms with van der Waals surface area (Å²) in [6, 6.07) is 2.11. The third-order valence-corrected chi connectivity index (χ3v) is 4.06. The van der Waals surface area contributed by atoms with Crippen LogP contribution in [0.5, 0.6) is 0 Å². The normalized spacial score (nSPS) is 12.4. The molecule has 2 aromatic heterocycles. The molecule has 0 aliphatic rings. The standard InChI is InChI=1S/C14H21N5OS/c1-5-7-19-13(20)11(8-10(4)18-19)12-16-17-14(21-12)15-9(3)6-2/h8-9H,5-7H2,1-4H3,(H,15,17). The SMILES string of the molecule is CCCn1nc(C)cc(-c2nnc(NC(C)CC)s2)c1=O. The zero-order valence-corrected chi connectivity index (χ0v) is 13.7. The number of hydrogen-bond acceptors (Lipinski definition) is 6. The smallest absolute Gasteiger partial charge is 0.277 e. The van der Waals surface area contributed by atoms with Gasteiger partial charge in [-0.1, -0.05) is 25.2 Å².